The predicted octanol–water partition coefficient (Wildman–Crippen LogP) is 3.37. The van der Waals surface area contributed by atoms with Crippen LogP contribution < -0.4 is 10.6 Å². The molecule has 1 aliphatic rings. The number of hydrogen-bond donors (Lipinski definition) is 2. The van der Waals surface area contributed by atoms with Crippen molar-refractivity contribution in [1.82, 2.24) is 25.1 Å². The highest BCUT2D eigenvalue weighted by Crippen LogP contribution is 2.24. The first-order valence-electron chi connectivity index (χ1n) is 10.6. The number of aromatic nitrogens is 2. The second-order valence-corrected chi connectivity index (χ2v) is 7.57. The first-order chi connectivity index (χ1) is 14.8. The third kappa shape index (κ3) is 4.89. The number of aliphatic imine (C=N–C) groups is 1. The van der Waals surface area contributed by atoms with Gasteiger partial charge >= 0.3 is 0 Å². The molecule has 1 atom stereocenters. The van der Waals surface area contributed by atoms with E-state index in [4.69, 9.17) is 0 Å². The van der Waals surface area contributed by atoms with Gasteiger partial charge in [0.05, 0.1) is 18.1 Å². The maximum Gasteiger partial charge on any atom is 0.191 e. The van der Waals surface area contributed by atoms with Gasteiger partial charge in [-0.1, -0.05) is 48.5 Å². The lowest BCUT2D eigenvalue weighted by Gasteiger charge is -2.29. The third-order valence-electron chi connectivity index (χ3n) is 5.67. The molecule has 1 saturated heterocycles. The SMILES string of the molecule is CN=C(NCc1ccccc1-n1ccnc1)NCC(c1ccccc1)N1CCCC1. The monoisotopic (exact) mass is 402 g/mol. The van der Waals surface area contributed by atoms with Gasteiger partial charge in [-0.05, 0) is 43.1 Å². The summed E-state index contributed by atoms with van der Waals surface area (Å²) in [5.41, 5.74) is 3.67. The van der Waals surface area contributed by atoms with Gasteiger partial charge in [-0.2, -0.15) is 0 Å². The van der Waals surface area contributed by atoms with E-state index in [9.17, 15) is 0 Å². The third-order valence-corrected chi connectivity index (χ3v) is 5.67. The number of para-hydroxylation sites is 1. The minimum absolute atomic E-state index is 0.352. The Morgan fingerprint density at radius 2 is 1.80 bits per heavy atom. The van der Waals surface area contributed by atoms with E-state index in [2.05, 4.69) is 74.0 Å². The normalized spacial score (nSPS) is 15.8. The summed E-state index contributed by atoms with van der Waals surface area (Å²) in [5.74, 6) is 0.815. The number of guanidine groups is 1. The summed E-state index contributed by atoms with van der Waals surface area (Å²) >= 11 is 0. The van der Waals surface area contributed by atoms with Crippen LogP contribution in [0.3, 0.4) is 0 Å². The zero-order valence-electron chi connectivity index (χ0n) is 17.5. The van der Waals surface area contributed by atoms with Crippen LogP contribution >= 0.6 is 0 Å². The Kier molecular flexibility index (Phi) is 6.77. The zero-order valence-corrected chi connectivity index (χ0v) is 17.5. The Hall–Kier alpha value is -3.12. The summed E-state index contributed by atoms with van der Waals surface area (Å²) in [6.45, 7) is 3.83. The number of nitrogens with one attached hydrogen (secondary N) is 2. The summed E-state index contributed by atoms with van der Waals surface area (Å²) < 4.78 is 2.03. The van der Waals surface area contributed by atoms with Crippen LogP contribution in [0.15, 0.2) is 78.3 Å². The molecule has 0 radical (unpaired) electrons. The van der Waals surface area contributed by atoms with E-state index >= 15 is 0 Å². The molecule has 0 aliphatic carbocycles. The van der Waals surface area contributed by atoms with E-state index < -0.39 is 0 Å². The highest BCUT2D eigenvalue weighted by atomic mass is 15.2. The van der Waals surface area contributed by atoms with Gasteiger partial charge in [0.25, 0.3) is 0 Å². The minimum atomic E-state index is 0.352. The first-order valence-corrected chi connectivity index (χ1v) is 10.6. The standard InChI is InChI=1S/C24H30N6/c1-25-24(27-17-21-11-5-6-12-22(21)30-16-13-26-19-30)28-18-23(29-14-7-8-15-29)20-9-3-2-4-10-20/h2-6,9-13,16,19,23H,7-8,14-15,17-18H2,1H3,(H2,25,27,28). The quantitative estimate of drug-likeness (QED) is 0.470. The summed E-state index contributed by atoms with van der Waals surface area (Å²) in [4.78, 5) is 11.2. The molecule has 6 heteroatoms. The van der Waals surface area contributed by atoms with Gasteiger partial charge in [-0.15, -0.1) is 0 Å². The topological polar surface area (TPSA) is 57.5 Å². The molecule has 1 aromatic heterocycles. The average Bonchev–Trinajstić information content (AvgIpc) is 3.52. The van der Waals surface area contributed by atoms with Gasteiger partial charge in [0, 0.05) is 32.5 Å². The maximum atomic E-state index is 4.44. The molecule has 0 amide bonds. The molecule has 1 fully saturated rings. The highest BCUT2D eigenvalue weighted by Gasteiger charge is 2.23. The van der Waals surface area contributed by atoms with Crippen molar-refractivity contribution in [2.75, 3.05) is 26.7 Å². The van der Waals surface area contributed by atoms with E-state index in [1.807, 2.05) is 30.2 Å². The number of likely N-dealkylation sites (tertiary alicyclic amines) is 1. The Labute approximate surface area is 178 Å². The Bertz CT molecular complexity index is 929. The predicted molar refractivity (Wildman–Crippen MR) is 122 cm³/mol. The van der Waals surface area contributed by atoms with E-state index in [0.29, 0.717) is 12.6 Å². The molecule has 30 heavy (non-hydrogen) atoms. The van der Waals surface area contributed by atoms with Gasteiger partial charge in [0.15, 0.2) is 5.96 Å². The second-order valence-electron chi connectivity index (χ2n) is 7.57. The van der Waals surface area contributed by atoms with Crippen LogP contribution in [0.2, 0.25) is 0 Å². The van der Waals surface area contributed by atoms with E-state index in [1.165, 1.54) is 24.0 Å². The van der Waals surface area contributed by atoms with Crippen LogP contribution in [0.1, 0.15) is 30.0 Å². The molecule has 6 nitrogen and oxygen atoms in total. The number of benzene rings is 2. The molecule has 3 aromatic rings. The largest absolute Gasteiger partial charge is 0.354 e. The van der Waals surface area contributed by atoms with Crippen molar-refractivity contribution >= 4 is 5.96 Å². The molecule has 0 saturated carbocycles. The van der Waals surface area contributed by atoms with Crippen LogP contribution in [-0.2, 0) is 6.54 Å². The number of hydrogen-bond acceptors (Lipinski definition) is 3. The molecular formula is C24H30N6. The second kappa shape index (κ2) is 10.1. The lowest BCUT2D eigenvalue weighted by atomic mass is 10.1. The van der Waals surface area contributed by atoms with Crippen LogP contribution in [-0.4, -0.2) is 47.1 Å². The van der Waals surface area contributed by atoms with Crippen molar-refractivity contribution < 1.29 is 0 Å². The van der Waals surface area contributed by atoms with Crippen LogP contribution in [0.25, 0.3) is 5.69 Å². The number of nitrogens with zero attached hydrogens (tertiary/aromatic N) is 4. The molecule has 0 spiro atoms. The van der Waals surface area contributed by atoms with Crippen molar-refractivity contribution in [1.29, 1.82) is 0 Å². The number of rotatable bonds is 7. The van der Waals surface area contributed by atoms with E-state index in [0.717, 1.165) is 31.3 Å². The molecule has 156 valence electrons. The smallest absolute Gasteiger partial charge is 0.191 e. The lowest BCUT2D eigenvalue weighted by molar-refractivity contribution is 0.245. The van der Waals surface area contributed by atoms with Crippen LogP contribution in [0.4, 0.5) is 0 Å². The molecule has 0 bridgehead atoms. The highest BCUT2D eigenvalue weighted by molar-refractivity contribution is 5.79. The molecule has 2 heterocycles. The summed E-state index contributed by atoms with van der Waals surface area (Å²) in [5, 5.41) is 7.02. The molecule has 1 aliphatic heterocycles. The van der Waals surface area contributed by atoms with Gasteiger partial charge in [-0.25, -0.2) is 4.98 Å². The van der Waals surface area contributed by atoms with Crippen molar-refractivity contribution in [3.8, 4) is 5.69 Å². The molecular weight excluding hydrogens is 372 g/mol. The Balaban J connectivity index is 1.40. The lowest BCUT2D eigenvalue weighted by Crippen LogP contribution is -2.42. The molecule has 4 rings (SSSR count). The minimum Gasteiger partial charge on any atom is -0.354 e. The molecule has 1 unspecified atom stereocenters. The fourth-order valence-electron chi connectivity index (χ4n) is 4.09. The van der Waals surface area contributed by atoms with E-state index in [-0.39, 0.29) is 0 Å². The Morgan fingerprint density at radius 3 is 2.53 bits per heavy atom. The van der Waals surface area contributed by atoms with Crippen molar-refractivity contribution in [3.63, 3.8) is 0 Å². The summed E-state index contributed by atoms with van der Waals surface area (Å²) in [6, 6.07) is 19.5. The molecule has 2 aromatic carbocycles. The van der Waals surface area contributed by atoms with Gasteiger partial charge in [-0.3, -0.25) is 9.89 Å². The van der Waals surface area contributed by atoms with Gasteiger partial charge < -0.3 is 15.2 Å². The fourth-order valence-corrected chi connectivity index (χ4v) is 4.09. The van der Waals surface area contributed by atoms with Crippen LogP contribution in [0.5, 0.6) is 0 Å². The fraction of sp³-hybridized carbons (Fsp3) is 0.333. The maximum absolute atomic E-state index is 4.44. The zero-order chi connectivity index (χ0) is 20.6. The summed E-state index contributed by atoms with van der Waals surface area (Å²) in [6.07, 6.45) is 8.15. The average molecular weight is 403 g/mol. The van der Waals surface area contributed by atoms with Crippen LogP contribution in [0, 0.1) is 0 Å². The van der Waals surface area contributed by atoms with Crippen molar-refractivity contribution in [3.05, 3.63) is 84.4 Å². The van der Waals surface area contributed by atoms with Gasteiger partial charge in [0.1, 0.15) is 0 Å². The van der Waals surface area contributed by atoms with Crippen molar-refractivity contribution in [2.45, 2.75) is 25.4 Å². The Morgan fingerprint density at radius 1 is 1.03 bits per heavy atom. The van der Waals surface area contributed by atoms with Crippen molar-refractivity contribution in [2.24, 2.45) is 4.99 Å². The van der Waals surface area contributed by atoms with Gasteiger partial charge in [0.2, 0.25) is 0 Å². The summed E-state index contributed by atoms with van der Waals surface area (Å²) in [7, 11) is 1.82. The molecule has 2 N–H and O–H groups in total. The number of imidazole rings is 1. The first kappa shape index (κ1) is 20.2. The van der Waals surface area contributed by atoms with E-state index in [1.54, 1.807) is 6.20 Å².